The highest BCUT2D eigenvalue weighted by Gasteiger charge is 2.31. The number of hydrogen-bond acceptors (Lipinski definition) is 3. The van der Waals surface area contributed by atoms with Gasteiger partial charge in [-0.2, -0.15) is 13.2 Å². The van der Waals surface area contributed by atoms with Crippen molar-refractivity contribution in [2.45, 2.75) is 18.6 Å². The molecule has 0 fully saturated rings. The Labute approximate surface area is 129 Å². The van der Waals surface area contributed by atoms with Crippen molar-refractivity contribution >= 4 is 11.6 Å². The Morgan fingerprint density at radius 3 is 2.48 bits per heavy atom. The highest BCUT2D eigenvalue weighted by Crippen LogP contribution is 2.37. The fourth-order valence-electron chi connectivity index (χ4n) is 2.74. The highest BCUT2D eigenvalue weighted by molar-refractivity contribution is 6.00. The van der Waals surface area contributed by atoms with Gasteiger partial charge in [-0.05, 0) is 35.7 Å². The number of hydroxylamine groups is 1. The van der Waals surface area contributed by atoms with E-state index in [-0.39, 0.29) is 6.04 Å². The van der Waals surface area contributed by atoms with Gasteiger partial charge in [-0.3, -0.25) is 10.0 Å². The smallest absolute Gasteiger partial charge is 0.377 e. The van der Waals surface area contributed by atoms with Gasteiger partial charge in [0.25, 0.3) is 5.91 Å². The lowest BCUT2D eigenvalue weighted by molar-refractivity contribution is -0.137. The van der Waals surface area contributed by atoms with Crippen LogP contribution in [0.5, 0.6) is 0 Å². The molecule has 0 radical (unpaired) electrons. The van der Waals surface area contributed by atoms with E-state index < -0.39 is 17.6 Å². The molecule has 2 aromatic rings. The molecule has 120 valence electrons. The van der Waals surface area contributed by atoms with Gasteiger partial charge in [0.15, 0.2) is 0 Å². The van der Waals surface area contributed by atoms with E-state index in [1.165, 1.54) is 12.1 Å². The van der Waals surface area contributed by atoms with Gasteiger partial charge in [0.1, 0.15) is 0 Å². The molecule has 4 nitrogen and oxygen atoms in total. The molecule has 1 atom stereocenters. The summed E-state index contributed by atoms with van der Waals surface area (Å²) in [5, 5.41) is 11.9. The van der Waals surface area contributed by atoms with Crippen LogP contribution in [0.3, 0.4) is 0 Å². The number of nitrogens with one attached hydrogen (secondary N) is 2. The SMILES string of the molecule is O=C(NO)c1cccc2c1N[C@@H](c1ccc(C(F)(F)F)cc1)C2. The molecule has 7 heteroatoms. The Hall–Kier alpha value is -2.54. The average Bonchev–Trinajstić information content (AvgIpc) is 2.97. The highest BCUT2D eigenvalue weighted by atomic mass is 19.4. The van der Waals surface area contributed by atoms with Crippen molar-refractivity contribution in [1.29, 1.82) is 0 Å². The molecule has 0 unspecified atom stereocenters. The third kappa shape index (κ3) is 2.87. The number of para-hydroxylation sites is 1. The van der Waals surface area contributed by atoms with Crippen molar-refractivity contribution in [1.82, 2.24) is 5.48 Å². The minimum atomic E-state index is -4.36. The molecule has 3 N–H and O–H groups in total. The Morgan fingerprint density at radius 2 is 1.87 bits per heavy atom. The number of alkyl halides is 3. The Morgan fingerprint density at radius 1 is 1.17 bits per heavy atom. The molecule has 1 amide bonds. The maximum absolute atomic E-state index is 12.6. The van der Waals surface area contributed by atoms with Crippen LogP contribution in [0.2, 0.25) is 0 Å². The maximum Gasteiger partial charge on any atom is 0.416 e. The second kappa shape index (κ2) is 5.58. The molecule has 0 saturated carbocycles. The molecule has 23 heavy (non-hydrogen) atoms. The summed E-state index contributed by atoms with van der Waals surface area (Å²) in [5.74, 6) is -0.637. The maximum atomic E-state index is 12.6. The molecule has 0 aromatic heterocycles. The predicted molar refractivity (Wildman–Crippen MR) is 77.2 cm³/mol. The average molecular weight is 322 g/mol. The summed E-state index contributed by atoms with van der Waals surface area (Å²) >= 11 is 0. The number of hydrogen-bond donors (Lipinski definition) is 3. The van der Waals surface area contributed by atoms with Crippen LogP contribution in [0.4, 0.5) is 18.9 Å². The van der Waals surface area contributed by atoms with Gasteiger partial charge in [0.05, 0.1) is 22.9 Å². The van der Waals surface area contributed by atoms with Gasteiger partial charge < -0.3 is 5.32 Å². The molecule has 1 heterocycles. The summed E-state index contributed by atoms with van der Waals surface area (Å²) in [7, 11) is 0. The van der Waals surface area contributed by atoms with E-state index in [4.69, 9.17) is 5.21 Å². The minimum Gasteiger partial charge on any atom is -0.377 e. The standard InChI is InChI=1S/C16H13F3N2O2/c17-16(18,19)11-6-4-9(5-7-11)13-8-10-2-1-3-12(14(10)20-13)15(22)21-23/h1-7,13,20,23H,8H2,(H,21,22)/t13-/m1/s1. The first-order valence-electron chi connectivity index (χ1n) is 6.90. The van der Waals surface area contributed by atoms with Crippen LogP contribution in [0.15, 0.2) is 42.5 Å². The number of carbonyl (C=O) groups is 1. The van der Waals surface area contributed by atoms with Gasteiger partial charge in [-0.15, -0.1) is 0 Å². The zero-order valence-electron chi connectivity index (χ0n) is 11.8. The first-order chi connectivity index (χ1) is 10.9. The van der Waals surface area contributed by atoms with Crippen LogP contribution in [0.1, 0.15) is 33.1 Å². The van der Waals surface area contributed by atoms with Gasteiger partial charge in [-0.25, -0.2) is 5.48 Å². The fourth-order valence-corrected chi connectivity index (χ4v) is 2.74. The van der Waals surface area contributed by atoms with Crippen LogP contribution in [-0.2, 0) is 12.6 Å². The summed E-state index contributed by atoms with van der Waals surface area (Å²) in [6.45, 7) is 0. The molecule has 3 rings (SSSR count). The molecular formula is C16H13F3N2O2. The Balaban J connectivity index is 1.86. The predicted octanol–water partition coefficient (Wildman–Crippen LogP) is 3.53. The number of anilines is 1. The van der Waals surface area contributed by atoms with E-state index in [9.17, 15) is 18.0 Å². The lowest BCUT2D eigenvalue weighted by Crippen LogP contribution is -2.20. The zero-order valence-corrected chi connectivity index (χ0v) is 11.8. The summed E-state index contributed by atoms with van der Waals surface area (Å²) in [4.78, 5) is 11.6. The van der Waals surface area contributed by atoms with Gasteiger partial charge >= 0.3 is 6.18 Å². The Kier molecular flexibility index (Phi) is 3.73. The molecule has 0 aliphatic carbocycles. The third-order valence-corrected chi connectivity index (χ3v) is 3.88. The monoisotopic (exact) mass is 322 g/mol. The summed E-state index contributed by atoms with van der Waals surface area (Å²) < 4.78 is 37.8. The number of fused-ring (bicyclic) bond motifs is 1. The number of amides is 1. The number of halogens is 3. The van der Waals surface area contributed by atoms with Crippen LogP contribution in [0.25, 0.3) is 0 Å². The summed E-state index contributed by atoms with van der Waals surface area (Å²) in [6.07, 6.45) is -3.82. The van der Waals surface area contributed by atoms with Crippen molar-refractivity contribution in [2.75, 3.05) is 5.32 Å². The normalized spacial score (nSPS) is 16.6. The molecular weight excluding hydrogens is 309 g/mol. The first-order valence-corrected chi connectivity index (χ1v) is 6.90. The topological polar surface area (TPSA) is 61.4 Å². The largest absolute Gasteiger partial charge is 0.416 e. The van der Waals surface area contributed by atoms with Crippen LogP contribution in [-0.4, -0.2) is 11.1 Å². The summed E-state index contributed by atoms with van der Waals surface area (Å²) in [6, 6.07) is 9.81. The molecule has 1 aliphatic rings. The number of rotatable bonds is 2. The molecule has 1 aliphatic heterocycles. The third-order valence-electron chi connectivity index (χ3n) is 3.88. The molecule has 0 spiro atoms. The minimum absolute atomic E-state index is 0.222. The van der Waals surface area contributed by atoms with Crippen molar-refractivity contribution in [3.63, 3.8) is 0 Å². The number of carbonyl (C=O) groups excluding carboxylic acids is 1. The second-order valence-corrected chi connectivity index (χ2v) is 5.30. The van der Waals surface area contributed by atoms with E-state index >= 15 is 0 Å². The zero-order chi connectivity index (χ0) is 16.6. The lowest BCUT2D eigenvalue weighted by atomic mass is 10.0. The van der Waals surface area contributed by atoms with Crippen molar-refractivity contribution in [3.8, 4) is 0 Å². The van der Waals surface area contributed by atoms with Gasteiger partial charge in [0, 0.05) is 0 Å². The van der Waals surface area contributed by atoms with Crippen molar-refractivity contribution in [2.24, 2.45) is 0 Å². The summed E-state index contributed by atoms with van der Waals surface area (Å²) in [5.41, 5.74) is 3.34. The molecule has 0 bridgehead atoms. The molecule has 0 saturated heterocycles. The van der Waals surface area contributed by atoms with E-state index in [1.54, 1.807) is 17.6 Å². The quantitative estimate of drug-likeness (QED) is 0.585. The molecule has 2 aromatic carbocycles. The lowest BCUT2D eigenvalue weighted by Gasteiger charge is -2.14. The first kappa shape index (κ1) is 15.4. The second-order valence-electron chi connectivity index (χ2n) is 5.30. The fraction of sp³-hybridized carbons (Fsp3) is 0.188. The van der Waals surface area contributed by atoms with Crippen molar-refractivity contribution in [3.05, 3.63) is 64.7 Å². The van der Waals surface area contributed by atoms with Crippen LogP contribution >= 0.6 is 0 Å². The van der Waals surface area contributed by atoms with Crippen LogP contribution < -0.4 is 10.8 Å². The van der Waals surface area contributed by atoms with Crippen molar-refractivity contribution < 1.29 is 23.2 Å². The van der Waals surface area contributed by atoms with Gasteiger partial charge in [-0.1, -0.05) is 24.3 Å². The Bertz CT molecular complexity index is 742. The van der Waals surface area contributed by atoms with E-state index in [0.29, 0.717) is 23.2 Å². The van der Waals surface area contributed by atoms with Crippen LogP contribution in [0, 0.1) is 0 Å². The van der Waals surface area contributed by atoms with E-state index in [1.807, 2.05) is 6.07 Å². The van der Waals surface area contributed by atoms with E-state index in [2.05, 4.69) is 5.32 Å². The van der Waals surface area contributed by atoms with Gasteiger partial charge in [0.2, 0.25) is 0 Å². The van der Waals surface area contributed by atoms with E-state index in [0.717, 1.165) is 17.7 Å². The number of benzene rings is 2.